The molecule has 0 saturated heterocycles. The van der Waals surface area contributed by atoms with Crippen molar-refractivity contribution in [1.82, 2.24) is 10.3 Å². The van der Waals surface area contributed by atoms with E-state index in [1.54, 1.807) is 6.39 Å². The van der Waals surface area contributed by atoms with Gasteiger partial charge in [-0.1, -0.05) is 41.5 Å². The summed E-state index contributed by atoms with van der Waals surface area (Å²) < 4.78 is 5.51. The zero-order chi connectivity index (χ0) is 13.1. The maximum absolute atomic E-state index is 5.51. The van der Waals surface area contributed by atoms with Gasteiger partial charge in [0.05, 0.1) is 5.69 Å². The van der Waals surface area contributed by atoms with Crippen LogP contribution in [0.3, 0.4) is 0 Å². The Hall–Kier alpha value is -0.830. The van der Waals surface area contributed by atoms with Crippen molar-refractivity contribution >= 4 is 0 Å². The fourth-order valence-corrected chi connectivity index (χ4v) is 1.49. The molecule has 1 N–H and O–H groups in total. The van der Waals surface area contributed by atoms with Crippen molar-refractivity contribution in [3.8, 4) is 0 Å². The topological polar surface area (TPSA) is 38.1 Å². The van der Waals surface area contributed by atoms with E-state index < -0.39 is 0 Å². The van der Waals surface area contributed by atoms with Crippen molar-refractivity contribution in [2.75, 3.05) is 0 Å². The summed E-state index contributed by atoms with van der Waals surface area (Å²) in [5, 5.41) is 3.38. The van der Waals surface area contributed by atoms with Crippen LogP contribution in [0.4, 0.5) is 0 Å². The SMILES string of the molecule is CC(C)NCc1ncoc1CC(C)C(C)(C)C. The van der Waals surface area contributed by atoms with Crippen molar-refractivity contribution in [1.29, 1.82) is 0 Å². The van der Waals surface area contributed by atoms with Gasteiger partial charge in [0, 0.05) is 19.0 Å². The van der Waals surface area contributed by atoms with Crippen LogP contribution in [0.2, 0.25) is 0 Å². The quantitative estimate of drug-likeness (QED) is 0.854. The van der Waals surface area contributed by atoms with Gasteiger partial charge in [-0.2, -0.15) is 0 Å². The van der Waals surface area contributed by atoms with Gasteiger partial charge in [0.1, 0.15) is 5.76 Å². The highest BCUT2D eigenvalue weighted by molar-refractivity contribution is 5.08. The second kappa shape index (κ2) is 5.67. The minimum absolute atomic E-state index is 0.301. The van der Waals surface area contributed by atoms with Gasteiger partial charge in [0.25, 0.3) is 0 Å². The molecule has 3 nitrogen and oxygen atoms in total. The molecule has 1 heterocycles. The van der Waals surface area contributed by atoms with Crippen molar-refractivity contribution in [2.24, 2.45) is 11.3 Å². The lowest BCUT2D eigenvalue weighted by Crippen LogP contribution is -2.24. The third-order valence-corrected chi connectivity index (χ3v) is 3.37. The van der Waals surface area contributed by atoms with Gasteiger partial charge < -0.3 is 9.73 Å². The number of rotatable bonds is 5. The van der Waals surface area contributed by atoms with Gasteiger partial charge in [0.15, 0.2) is 6.39 Å². The van der Waals surface area contributed by atoms with Crippen molar-refractivity contribution in [3.63, 3.8) is 0 Å². The molecule has 1 atom stereocenters. The molecule has 1 unspecified atom stereocenters. The van der Waals surface area contributed by atoms with Crippen LogP contribution >= 0.6 is 0 Å². The summed E-state index contributed by atoms with van der Waals surface area (Å²) in [6.45, 7) is 14.1. The highest BCUT2D eigenvalue weighted by Gasteiger charge is 2.23. The lowest BCUT2D eigenvalue weighted by atomic mass is 9.79. The smallest absolute Gasteiger partial charge is 0.181 e. The normalized spacial score (nSPS) is 14.3. The molecule has 0 aliphatic heterocycles. The fraction of sp³-hybridized carbons (Fsp3) is 0.786. The molecule has 1 aromatic heterocycles. The zero-order valence-corrected chi connectivity index (χ0v) is 12.0. The first-order valence-corrected chi connectivity index (χ1v) is 6.45. The van der Waals surface area contributed by atoms with E-state index in [0.717, 1.165) is 24.4 Å². The predicted molar refractivity (Wildman–Crippen MR) is 70.8 cm³/mol. The highest BCUT2D eigenvalue weighted by atomic mass is 16.3. The molecule has 0 aliphatic rings. The maximum Gasteiger partial charge on any atom is 0.181 e. The maximum atomic E-state index is 5.51. The standard InChI is InChI=1S/C14H26N2O/c1-10(2)15-8-12-13(17-9-16-12)7-11(3)14(4,5)6/h9-11,15H,7-8H2,1-6H3. The van der Waals surface area contributed by atoms with Gasteiger partial charge >= 0.3 is 0 Å². The van der Waals surface area contributed by atoms with Crippen LogP contribution in [0.1, 0.15) is 53.0 Å². The molecule has 1 aromatic rings. The summed E-state index contributed by atoms with van der Waals surface area (Å²) in [6, 6.07) is 0.472. The van der Waals surface area contributed by atoms with E-state index in [2.05, 4.69) is 51.8 Å². The van der Waals surface area contributed by atoms with Crippen LogP contribution in [0, 0.1) is 11.3 Å². The summed E-state index contributed by atoms with van der Waals surface area (Å²) in [5.74, 6) is 1.61. The Labute approximate surface area is 105 Å². The molecule has 0 bridgehead atoms. The number of hydrogen-bond acceptors (Lipinski definition) is 3. The van der Waals surface area contributed by atoms with E-state index in [1.165, 1.54) is 0 Å². The first-order valence-electron chi connectivity index (χ1n) is 6.45. The summed E-state index contributed by atoms with van der Waals surface area (Å²) in [5.41, 5.74) is 1.35. The minimum Gasteiger partial charge on any atom is -0.448 e. The molecule has 3 heteroatoms. The molecular weight excluding hydrogens is 212 g/mol. The molecule has 0 radical (unpaired) electrons. The molecule has 0 aromatic carbocycles. The Bertz CT molecular complexity index is 336. The second-order valence-corrected chi connectivity index (χ2v) is 6.23. The molecule has 0 fully saturated rings. The fourth-order valence-electron chi connectivity index (χ4n) is 1.49. The van der Waals surface area contributed by atoms with Crippen molar-refractivity contribution in [2.45, 2.75) is 60.5 Å². The van der Waals surface area contributed by atoms with Gasteiger partial charge in [-0.25, -0.2) is 4.98 Å². The van der Waals surface area contributed by atoms with Crippen LogP contribution < -0.4 is 5.32 Å². The highest BCUT2D eigenvalue weighted by Crippen LogP contribution is 2.29. The summed E-state index contributed by atoms with van der Waals surface area (Å²) >= 11 is 0. The largest absolute Gasteiger partial charge is 0.448 e. The monoisotopic (exact) mass is 238 g/mol. The van der Waals surface area contributed by atoms with E-state index in [9.17, 15) is 0 Å². The van der Waals surface area contributed by atoms with Crippen LogP contribution in [0.5, 0.6) is 0 Å². The molecular formula is C14H26N2O. The number of nitrogens with zero attached hydrogens (tertiary/aromatic N) is 1. The van der Waals surface area contributed by atoms with E-state index in [-0.39, 0.29) is 0 Å². The van der Waals surface area contributed by atoms with Gasteiger partial charge in [-0.05, 0) is 11.3 Å². The molecule has 0 saturated carbocycles. The summed E-state index contributed by atoms with van der Waals surface area (Å²) in [7, 11) is 0. The summed E-state index contributed by atoms with van der Waals surface area (Å²) in [6.07, 6.45) is 2.51. The van der Waals surface area contributed by atoms with E-state index in [4.69, 9.17) is 4.42 Å². The van der Waals surface area contributed by atoms with Gasteiger partial charge in [0.2, 0.25) is 0 Å². The van der Waals surface area contributed by atoms with E-state index in [1.807, 2.05) is 0 Å². The Balaban J connectivity index is 2.63. The Morgan fingerprint density at radius 1 is 1.29 bits per heavy atom. The van der Waals surface area contributed by atoms with Crippen LogP contribution in [-0.2, 0) is 13.0 Å². The Morgan fingerprint density at radius 2 is 1.94 bits per heavy atom. The average Bonchev–Trinajstić information content (AvgIpc) is 2.60. The molecule has 17 heavy (non-hydrogen) atoms. The lowest BCUT2D eigenvalue weighted by molar-refractivity contribution is 0.247. The second-order valence-electron chi connectivity index (χ2n) is 6.23. The number of oxazole rings is 1. The minimum atomic E-state index is 0.301. The third-order valence-electron chi connectivity index (χ3n) is 3.37. The van der Waals surface area contributed by atoms with Gasteiger partial charge in [-0.15, -0.1) is 0 Å². The molecule has 0 amide bonds. The van der Waals surface area contributed by atoms with Crippen LogP contribution in [0.25, 0.3) is 0 Å². The van der Waals surface area contributed by atoms with E-state index >= 15 is 0 Å². The Morgan fingerprint density at radius 3 is 2.47 bits per heavy atom. The van der Waals surface area contributed by atoms with Crippen molar-refractivity contribution < 1.29 is 4.42 Å². The first kappa shape index (κ1) is 14.2. The Kier molecular flexibility index (Phi) is 4.75. The molecule has 98 valence electrons. The number of nitrogens with one attached hydrogen (secondary N) is 1. The zero-order valence-electron chi connectivity index (χ0n) is 12.0. The third kappa shape index (κ3) is 4.50. The summed E-state index contributed by atoms with van der Waals surface area (Å²) in [4.78, 5) is 4.29. The average molecular weight is 238 g/mol. The molecule has 1 rings (SSSR count). The van der Waals surface area contributed by atoms with Crippen molar-refractivity contribution in [3.05, 3.63) is 17.8 Å². The molecule has 0 aliphatic carbocycles. The van der Waals surface area contributed by atoms with Crippen LogP contribution in [0.15, 0.2) is 10.8 Å². The van der Waals surface area contributed by atoms with Gasteiger partial charge in [-0.3, -0.25) is 0 Å². The first-order chi connectivity index (χ1) is 7.80. The number of hydrogen-bond donors (Lipinski definition) is 1. The van der Waals surface area contributed by atoms with Crippen LogP contribution in [-0.4, -0.2) is 11.0 Å². The predicted octanol–water partition coefficient (Wildman–Crippen LogP) is 3.40. The number of aromatic nitrogens is 1. The van der Waals surface area contributed by atoms with E-state index in [0.29, 0.717) is 17.4 Å². The lowest BCUT2D eigenvalue weighted by Gasteiger charge is -2.26. The molecule has 0 spiro atoms.